The molecule has 0 amide bonds. The Hall–Kier alpha value is -1.39. The Morgan fingerprint density at radius 2 is 1.90 bits per heavy atom. The van der Waals surface area contributed by atoms with Crippen LogP contribution >= 0.6 is 31.9 Å². The molecule has 2 aromatic rings. The molecular weight excluding hydrogens is 384 g/mol. The van der Waals surface area contributed by atoms with Crippen LogP contribution in [-0.4, -0.2) is 12.9 Å². The number of carbonyl (C=O) groups is 1. The molecule has 102 valence electrons. The summed E-state index contributed by atoms with van der Waals surface area (Å²) in [5.41, 5.74) is 1.49. The number of ketones is 1. The van der Waals surface area contributed by atoms with E-state index in [1.165, 1.54) is 0 Å². The summed E-state index contributed by atoms with van der Waals surface area (Å²) in [4.78, 5) is 12.2. The fourth-order valence-corrected chi connectivity index (χ4v) is 2.61. The Morgan fingerprint density at radius 1 is 1.15 bits per heavy atom. The number of allylic oxidation sites excluding steroid dienone is 1. The Bertz CT molecular complexity index is 663. The molecule has 4 heteroatoms. The fourth-order valence-electron chi connectivity index (χ4n) is 1.75. The third kappa shape index (κ3) is 3.58. The van der Waals surface area contributed by atoms with Crippen molar-refractivity contribution < 1.29 is 9.53 Å². The van der Waals surface area contributed by atoms with Crippen LogP contribution in [0.4, 0.5) is 0 Å². The minimum atomic E-state index is -0.0560. The Balaban J connectivity index is 2.28. The standard InChI is InChI=1S/C16H12Br2O2/c1-20-16-9-7-12(17)10-11(16)6-8-15(19)13-4-2-3-5-14(13)18/h2-10H,1H3. The van der Waals surface area contributed by atoms with Gasteiger partial charge in [0.2, 0.25) is 0 Å². The van der Waals surface area contributed by atoms with Gasteiger partial charge in [-0.15, -0.1) is 0 Å². The molecule has 0 spiro atoms. The molecule has 0 saturated heterocycles. The van der Waals surface area contributed by atoms with Crippen molar-refractivity contribution >= 4 is 43.7 Å². The zero-order valence-corrected chi connectivity index (χ0v) is 13.9. The lowest BCUT2D eigenvalue weighted by Crippen LogP contribution is -1.95. The van der Waals surface area contributed by atoms with Crippen LogP contribution in [0.15, 0.2) is 57.5 Å². The van der Waals surface area contributed by atoms with Crippen molar-refractivity contribution in [3.8, 4) is 5.75 Å². The van der Waals surface area contributed by atoms with Crippen LogP contribution in [0.5, 0.6) is 5.75 Å². The Labute approximate surface area is 134 Å². The highest BCUT2D eigenvalue weighted by Crippen LogP contribution is 2.24. The molecule has 2 rings (SSSR count). The van der Waals surface area contributed by atoms with Gasteiger partial charge >= 0.3 is 0 Å². The maximum atomic E-state index is 12.2. The SMILES string of the molecule is COc1ccc(Br)cc1C=CC(=O)c1ccccc1Br. The molecule has 0 atom stereocenters. The normalized spacial score (nSPS) is 10.8. The molecule has 0 aliphatic carbocycles. The zero-order chi connectivity index (χ0) is 14.5. The van der Waals surface area contributed by atoms with E-state index < -0.39 is 0 Å². The van der Waals surface area contributed by atoms with Crippen LogP contribution in [0.25, 0.3) is 6.08 Å². The first-order valence-electron chi connectivity index (χ1n) is 5.92. The predicted molar refractivity (Wildman–Crippen MR) is 88.2 cm³/mol. The Kier molecular flexibility index (Phi) is 5.15. The van der Waals surface area contributed by atoms with Gasteiger partial charge in [-0.2, -0.15) is 0 Å². The molecule has 0 heterocycles. The second-order valence-corrected chi connectivity index (χ2v) is 5.83. The number of hydrogen-bond donors (Lipinski definition) is 0. The average molecular weight is 396 g/mol. The minimum Gasteiger partial charge on any atom is -0.496 e. The first kappa shape index (κ1) is 15.0. The maximum absolute atomic E-state index is 12.2. The van der Waals surface area contributed by atoms with E-state index in [2.05, 4.69) is 31.9 Å². The second kappa shape index (κ2) is 6.86. The lowest BCUT2D eigenvalue weighted by molar-refractivity contribution is 0.104. The first-order valence-corrected chi connectivity index (χ1v) is 7.51. The van der Waals surface area contributed by atoms with Gasteiger partial charge in [-0.25, -0.2) is 0 Å². The summed E-state index contributed by atoms with van der Waals surface area (Å²) in [6, 6.07) is 13.0. The van der Waals surface area contributed by atoms with Crippen molar-refractivity contribution in [2.75, 3.05) is 7.11 Å². The van der Waals surface area contributed by atoms with Gasteiger partial charge in [0.25, 0.3) is 0 Å². The van der Waals surface area contributed by atoms with Gasteiger partial charge in [0.05, 0.1) is 7.11 Å². The van der Waals surface area contributed by atoms with Crippen molar-refractivity contribution in [2.24, 2.45) is 0 Å². The summed E-state index contributed by atoms with van der Waals surface area (Å²) in [6.45, 7) is 0. The quantitative estimate of drug-likeness (QED) is 0.530. The van der Waals surface area contributed by atoms with E-state index in [1.807, 2.05) is 36.4 Å². The Morgan fingerprint density at radius 3 is 2.60 bits per heavy atom. The van der Waals surface area contributed by atoms with Crippen molar-refractivity contribution in [3.63, 3.8) is 0 Å². The number of halogens is 2. The van der Waals surface area contributed by atoms with Crippen LogP contribution in [0.3, 0.4) is 0 Å². The van der Waals surface area contributed by atoms with Crippen LogP contribution in [-0.2, 0) is 0 Å². The van der Waals surface area contributed by atoms with Gasteiger partial charge in [0, 0.05) is 20.1 Å². The van der Waals surface area contributed by atoms with Crippen LogP contribution in [0.2, 0.25) is 0 Å². The largest absolute Gasteiger partial charge is 0.496 e. The summed E-state index contributed by atoms with van der Waals surface area (Å²) < 4.78 is 6.99. The maximum Gasteiger partial charge on any atom is 0.186 e. The van der Waals surface area contributed by atoms with Crippen molar-refractivity contribution in [1.82, 2.24) is 0 Å². The molecule has 2 nitrogen and oxygen atoms in total. The van der Waals surface area contributed by atoms with Crippen LogP contribution in [0.1, 0.15) is 15.9 Å². The van der Waals surface area contributed by atoms with E-state index in [4.69, 9.17) is 4.74 Å². The van der Waals surface area contributed by atoms with Crippen molar-refractivity contribution in [3.05, 3.63) is 68.6 Å². The van der Waals surface area contributed by atoms with Gasteiger partial charge in [-0.3, -0.25) is 4.79 Å². The molecule has 0 unspecified atom stereocenters. The molecule has 0 aromatic heterocycles. The molecule has 0 saturated carbocycles. The monoisotopic (exact) mass is 394 g/mol. The third-order valence-electron chi connectivity index (χ3n) is 2.75. The number of benzene rings is 2. The predicted octanol–water partition coefficient (Wildman–Crippen LogP) is 5.12. The number of hydrogen-bond acceptors (Lipinski definition) is 2. The lowest BCUT2D eigenvalue weighted by atomic mass is 10.1. The third-order valence-corrected chi connectivity index (χ3v) is 3.93. The highest BCUT2D eigenvalue weighted by atomic mass is 79.9. The highest BCUT2D eigenvalue weighted by Gasteiger charge is 2.06. The van der Waals surface area contributed by atoms with E-state index in [9.17, 15) is 4.79 Å². The number of rotatable bonds is 4. The van der Waals surface area contributed by atoms with E-state index in [0.29, 0.717) is 5.56 Å². The van der Waals surface area contributed by atoms with Gasteiger partial charge in [-0.1, -0.05) is 44.0 Å². The topological polar surface area (TPSA) is 26.3 Å². The summed E-state index contributed by atoms with van der Waals surface area (Å²) in [6.07, 6.45) is 3.30. The molecule has 2 aromatic carbocycles. The van der Waals surface area contributed by atoms with Gasteiger partial charge in [0.1, 0.15) is 5.75 Å². The zero-order valence-electron chi connectivity index (χ0n) is 10.8. The van der Waals surface area contributed by atoms with Gasteiger partial charge in [-0.05, 0) is 42.5 Å². The van der Waals surface area contributed by atoms with E-state index in [-0.39, 0.29) is 5.78 Å². The number of ether oxygens (including phenoxy) is 1. The van der Waals surface area contributed by atoms with Crippen molar-refractivity contribution in [1.29, 1.82) is 0 Å². The van der Waals surface area contributed by atoms with Crippen LogP contribution in [0, 0.1) is 0 Å². The fraction of sp³-hybridized carbons (Fsp3) is 0.0625. The van der Waals surface area contributed by atoms with E-state index in [1.54, 1.807) is 25.3 Å². The number of methoxy groups -OCH3 is 1. The molecule has 0 fully saturated rings. The summed E-state index contributed by atoms with van der Waals surface area (Å²) >= 11 is 6.78. The summed E-state index contributed by atoms with van der Waals surface area (Å²) in [5, 5.41) is 0. The molecule has 0 N–H and O–H groups in total. The lowest BCUT2D eigenvalue weighted by Gasteiger charge is -2.05. The molecule has 0 aliphatic heterocycles. The summed E-state index contributed by atoms with van der Waals surface area (Å²) in [5.74, 6) is 0.670. The van der Waals surface area contributed by atoms with Gasteiger partial charge in [0.15, 0.2) is 5.78 Å². The highest BCUT2D eigenvalue weighted by molar-refractivity contribution is 9.10. The van der Waals surface area contributed by atoms with E-state index in [0.717, 1.165) is 20.3 Å². The second-order valence-electron chi connectivity index (χ2n) is 4.06. The molecule has 20 heavy (non-hydrogen) atoms. The van der Waals surface area contributed by atoms with E-state index >= 15 is 0 Å². The number of carbonyl (C=O) groups excluding carboxylic acids is 1. The molecular formula is C16H12Br2O2. The molecule has 0 radical (unpaired) electrons. The summed E-state index contributed by atoms with van der Waals surface area (Å²) in [7, 11) is 1.61. The minimum absolute atomic E-state index is 0.0560. The van der Waals surface area contributed by atoms with Crippen molar-refractivity contribution in [2.45, 2.75) is 0 Å². The van der Waals surface area contributed by atoms with Gasteiger partial charge < -0.3 is 4.74 Å². The molecule has 0 aliphatic rings. The molecule has 0 bridgehead atoms. The average Bonchev–Trinajstić information content (AvgIpc) is 2.45. The first-order chi connectivity index (χ1) is 9.61. The van der Waals surface area contributed by atoms with Crippen LogP contribution < -0.4 is 4.74 Å². The smallest absolute Gasteiger partial charge is 0.186 e.